The first kappa shape index (κ1) is 18.2. The third kappa shape index (κ3) is 4.43. The van der Waals surface area contributed by atoms with Gasteiger partial charge in [-0.15, -0.1) is 0 Å². The second-order valence-electron chi connectivity index (χ2n) is 8.26. The number of nitrogens with zero attached hydrogens (tertiary/aromatic N) is 1. The number of ether oxygens (including phenoxy) is 1. The maximum absolute atomic E-state index is 12.2. The van der Waals surface area contributed by atoms with Gasteiger partial charge in [0.25, 0.3) is 0 Å². The molecule has 0 saturated heterocycles. The van der Waals surface area contributed by atoms with E-state index in [0.29, 0.717) is 6.54 Å². The van der Waals surface area contributed by atoms with E-state index in [1.807, 2.05) is 51.2 Å². The maximum atomic E-state index is 12.2. The van der Waals surface area contributed by atoms with Crippen LogP contribution in [0.3, 0.4) is 0 Å². The molecule has 2 rings (SSSR count). The van der Waals surface area contributed by atoms with Crippen LogP contribution in [0.25, 0.3) is 10.8 Å². The Morgan fingerprint density at radius 3 is 2.38 bits per heavy atom. The molecule has 5 heteroatoms. The van der Waals surface area contributed by atoms with E-state index in [-0.39, 0.29) is 17.3 Å². The Bertz CT molecular complexity index is 720. The number of alkyl carbamates (subject to hydrolysis) is 1. The molecule has 0 bridgehead atoms. The van der Waals surface area contributed by atoms with Crippen LogP contribution in [0.15, 0.2) is 30.5 Å². The van der Waals surface area contributed by atoms with Gasteiger partial charge in [-0.25, -0.2) is 4.79 Å². The maximum Gasteiger partial charge on any atom is 0.407 e. The van der Waals surface area contributed by atoms with Gasteiger partial charge in [-0.05, 0) is 32.3 Å². The fourth-order valence-electron chi connectivity index (χ4n) is 2.52. The molecule has 0 aliphatic heterocycles. The number of amides is 1. The smallest absolute Gasteiger partial charge is 0.407 e. The number of hydrogen-bond acceptors (Lipinski definition) is 3. The second-order valence-corrected chi connectivity index (χ2v) is 8.26. The Labute approximate surface area is 143 Å². The Morgan fingerprint density at radius 1 is 1.21 bits per heavy atom. The van der Waals surface area contributed by atoms with Gasteiger partial charge >= 0.3 is 6.09 Å². The fourth-order valence-corrected chi connectivity index (χ4v) is 2.52. The van der Waals surface area contributed by atoms with Crippen molar-refractivity contribution < 1.29 is 14.6 Å². The normalized spacial score (nSPS) is 13.8. The molecule has 0 fully saturated rings. The second kappa shape index (κ2) is 6.38. The van der Waals surface area contributed by atoms with E-state index in [9.17, 15) is 9.90 Å². The Hall–Kier alpha value is -2.17. The van der Waals surface area contributed by atoms with E-state index in [2.05, 4.69) is 26.1 Å². The highest BCUT2D eigenvalue weighted by Gasteiger charge is 2.29. The first-order valence-corrected chi connectivity index (χ1v) is 8.24. The molecule has 132 valence electrons. The van der Waals surface area contributed by atoms with Crippen LogP contribution in [0, 0.1) is 5.41 Å². The number of rotatable bonds is 3. The molecule has 5 nitrogen and oxygen atoms in total. The van der Waals surface area contributed by atoms with Gasteiger partial charge in [-0.2, -0.15) is 0 Å². The largest absolute Gasteiger partial charge is 0.494 e. The molecule has 24 heavy (non-hydrogen) atoms. The Kier molecular flexibility index (Phi) is 4.83. The summed E-state index contributed by atoms with van der Waals surface area (Å²) in [5.74, 6) is 0.214. The van der Waals surface area contributed by atoms with Crippen molar-refractivity contribution in [3.05, 3.63) is 30.5 Å². The molecule has 0 aliphatic carbocycles. The summed E-state index contributed by atoms with van der Waals surface area (Å²) in [6, 6.07) is 7.48. The zero-order valence-corrected chi connectivity index (χ0v) is 15.4. The van der Waals surface area contributed by atoms with Crippen molar-refractivity contribution in [3.63, 3.8) is 0 Å². The zero-order valence-electron chi connectivity index (χ0n) is 15.4. The van der Waals surface area contributed by atoms with E-state index in [0.717, 1.165) is 10.8 Å². The van der Waals surface area contributed by atoms with Gasteiger partial charge in [0.05, 0.1) is 6.04 Å². The van der Waals surface area contributed by atoms with E-state index in [4.69, 9.17) is 4.74 Å². The summed E-state index contributed by atoms with van der Waals surface area (Å²) >= 11 is 0. The number of fused-ring (bicyclic) bond motifs is 1. The summed E-state index contributed by atoms with van der Waals surface area (Å²) in [5, 5.41) is 15.2. The third-order valence-electron chi connectivity index (χ3n) is 3.88. The lowest BCUT2D eigenvalue weighted by molar-refractivity contribution is 0.0453. The molecule has 1 heterocycles. The number of hydrogen-bond donors (Lipinski definition) is 2. The number of aromatic hydroxyl groups is 1. The van der Waals surface area contributed by atoms with Crippen LogP contribution in [-0.4, -0.2) is 27.4 Å². The summed E-state index contributed by atoms with van der Waals surface area (Å²) in [6.07, 6.45) is 1.46. The van der Waals surface area contributed by atoms with Crippen molar-refractivity contribution >= 4 is 16.9 Å². The molecule has 0 radical (unpaired) electrons. The van der Waals surface area contributed by atoms with Crippen LogP contribution >= 0.6 is 0 Å². The van der Waals surface area contributed by atoms with Gasteiger partial charge in [0, 0.05) is 23.5 Å². The van der Waals surface area contributed by atoms with Crippen LogP contribution in [0.1, 0.15) is 41.5 Å². The summed E-state index contributed by atoms with van der Waals surface area (Å²) in [4.78, 5) is 12.2. The summed E-state index contributed by atoms with van der Waals surface area (Å²) < 4.78 is 7.14. The molecule has 1 atom stereocenters. The third-order valence-corrected chi connectivity index (χ3v) is 3.88. The molecule has 0 aliphatic rings. The monoisotopic (exact) mass is 332 g/mol. The van der Waals surface area contributed by atoms with Crippen LogP contribution < -0.4 is 5.32 Å². The number of carbonyl (C=O) groups excluding carboxylic acids is 1. The minimum Gasteiger partial charge on any atom is -0.494 e. The fraction of sp³-hybridized carbons (Fsp3) is 0.526. The van der Waals surface area contributed by atoms with Gasteiger partial charge < -0.3 is 19.7 Å². The summed E-state index contributed by atoms with van der Waals surface area (Å²) in [6.45, 7) is 12.1. The number of carbonyl (C=O) groups is 1. The lowest BCUT2D eigenvalue weighted by Gasteiger charge is -2.32. The highest BCUT2D eigenvalue weighted by Crippen LogP contribution is 2.29. The van der Waals surface area contributed by atoms with Crippen LogP contribution in [0.5, 0.6) is 5.88 Å². The molecule has 2 aromatic rings. The van der Waals surface area contributed by atoms with Crippen molar-refractivity contribution in [1.82, 2.24) is 9.88 Å². The Balaban J connectivity index is 2.22. The van der Waals surface area contributed by atoms with Crippen molar-refractivity contribution in [3.8, 4) is 5.88 Å². The summed E-state index contributed by atoms with van der Waals surface area (Å²) in [7, 11) is 0. The average Bonchev–Trinajstić information content (AvgIpc) is 2.72. The number of nitrogens with one attached hydrogen (secondary N) is 1. The Morgan fingerprint density at radius 2 is 1.83 bits per heavy atom. The summed E-state index contributed by atoms with van der Waals surface area (Å²) in [5.41, 5.74) is -0.739. The van der Waals surface area contributed by atoms with E-state index < -0.39 is 11.7 Å². The molecule has 0 unspecified atom stereocenters. The molecule has 1 aromatic carbocycles. The van der Waals surface area contributed by atoms with Gasteiger partial charge in [0.1, 0.15) is 5.60 Å². The lowest BCUT2D eigenvalue weighted by Crippen LogP contribution is -2.48. The SMILES string of the molecule is CC(C)(C)OC(=O)N[C@H](Cn1cc2ccccc2c1O)C(C)(C)C. The van der Waals surface area contributed by atoms with E-state index in [1.165, 1.54) is 0 Å². The van der Waals surface area contributed by atoms with E-state index in [1.54, 1.807) is 4.57 Å². The molecule has 1 aromatic heterocycles. The number of benzene rings is 1. The molecule has 2 N–H and O–H groups in total. The first-order valence-electron chi connectivity index (χ1n) is 8.24. The molecule has 0 spiro atoms. The zero-order chi connectivity index (χ0) is 18.1. The van der Waals surface area contributed by atoms with E-state index >= 15 is 0 Å². The van der Waals surface area contributed by atoms with Crippen molar-refractivity contribution in [2.24, 2.45) is 5.41 Å². The van der Waals surface area contributed by atoms with Crippen molar-refractivity contribution in [2.75, 3.05) is 0 Å². The molecule has 1 amide bonds. The first-order chi connectivity index (χ1) is 11.0. The predicted octanol–water partition coefficient (Wildman–Crippen LogP) is 4.29. The van der Waals surface area contributed by atoms with Crippen molar-refractivity contribution in [1.29, 1.82) is 0 Å². The molecule has 0 saturated carbocycles. The van der Waals surface area contributed by atoms with Crippen LogP contribution in [-0.2, 0) is 11.3 Å². The minimum absolute atomic E-state index is 0.194. The quantitative estimate of drug-likeness (QED) is 0.881. The van der Waals surface area contributed by atoms with Gasteiger partial charge in [-0.3, -0.25) is 0 Å². The highest BCUT2D eigenvalue weighted by atomic mass is 16.6. The topological polar surface area (TPSA) is 63.5 Å². The van der Waals surface area contributed by atoms with Crippen LogP contribution in [0.2, 0.25) is 0 Å². The molecular weight excluding hydrogens is 304 g/mol. The lowest BCUT2D eigenvalue weighted by atomic mass is 9.86. The van der Waals surface area contributed by atoms with Crippen LogP contribution in [0.4, 0.5) is 4.79 Å². The highest BCUT2D eigenvalue weighted by molar-refractivity contribution is 5.87. The van der Waals surface area contributed by atoms with Gasteiger partial charge in [0.2, 0.25) is 0 Å². The standard InChI is InChI=1S/C19H28N2O3/c1-18(2,3)15(20-17(23)24-19(4,5)6)12-21-11-13-9-7-8-10-14(13)16(21)22/h7-11,15,22H,12H2,1-6H3,(H,20,23)/t15-/m1/s1. The minimum atomic E-state index is -0.545. The molecular formula is C19H28N2O3. The van der Waals surface area contributed by atoms with Gasteiger partial charge in [0.15, 0.2) is 5.88 Å². The van der Waals surface area contributed by atoms with Crippen molar-refractivity contribution in [2.45, 2.75) is 59.7 Å². The average molecular weight is 332 g/mol. The predicted molar refractivity (Wildman–Crippen MR) is 96.2 cm³/mol. The van der Waals surface area contributed by atoms with Gasteiger partial charge in [-0.1, -0.05) is 39.0 Å². The number of aromatic nitrogens is 1.